The lowest BCUT2D eigenvalue weighted by Crippen LogP contribution is -2.45. The van der Waals surface area contributed by atoms with Gasteiger partial charge in [0.15, 0.2) is 0 Å². The van der Waals surface area contributed by atoms with Gasteiger partial charge in [-0.05, 0) is 141 Å². The van der Waals surface area contributed by atoms with Gasteiger partial charge in [-0.25, -0.2) is 9.59 Å². The van der Waals surface area contributed by atoms with Gasteiger partial charge in [0, 0.05) is 95.4 Å². The van der Waals surface area contributed by atoms with E-state index in [2.05, 4.69) is 0 Å². The Bertz CT molecular complexity index is 2480. The van der Waals surface area contributed by atoms with Gasteiger partial charge >= 0.3 is 11.9 Å². The number of fused-ring (bicyclic) bond motifs is 4. The predicted octanol–water partition coefficient (Wildman–Crippen LogP) is 9.70. The Labute approximate surface area is 587 Å². The van der Waals surface area contributed by atoms with Gasteiger partial charge in [-0.2, -0.15) is 0 Å². The third kappa shape index (κ3) is 28.1. The van der Waals surface area contributed by atoms with Crippen molar-refractivity contribution in [3.63, 3.8) is 0 Å². The van der Waals surface area contributed by atoms with E-state index in [1.54, 1.807) is 61.2 Å². The summed E-state index contributed by atoms with van der Waals surface area (Å²) < 4.78 is 55.3. The smallest absolute Gasteiger partial charge is 0.331 e. The molecule has 4 bridgehead atoms. The van der Waals surface area contributed by atoms with Gasteiger partial charge in [0.2, 0.25) is 0 Å². The lowest BCUT2D eigenvalue weighted by atomic mass is 9.78. The summed E-state index contributed by atoms with van der Waals surface area (Å²) in [6.45, 7) is 22.1. The molecule has 0 amide bonds. The van der Waals surface area contributed by atoms with Gasteiger partial charge in [-0.1, -0.05) is 115 Å². The molecule has 5 unspecified atom stereocenters. The molecule has 5 heterocycles. The summed E-state index contributed by atoms with van der Waals surface area (Å²) in [4.78, 5) is 27.7. The molecule has 0 saturated carbocycles. The van der Waals surface area contributed by atoms with Gasteiger partial charge < -0.3 is 88.6 Å². The third-order valence-electron chi connectivity index (χ3n) is 22.4. The third-order valence-corrected chi connectivity index (χ3v) is 22.4. The molecule has 0 aromatic carbocycles. The maximum Gasteiger partial charge on any atom is 0.331 e. The van der Waals surface area contributed by atoms with Crippen molar-refractivity contribution >= 4 is 11.9 Å². The van der Waals surface area contributed by atoms with Crippen LogP contribution in [-0.4, -0.2) is 214 Å². The van der Waals surface area contributed by atoms with Crippen LogP contribution in [0.1, 0.15) is 199 Å². The van der Waals surface area contributed by atoms with Crippen LogP contribution in [0, 0.1) is 53.3 Å². The largest absolute Gasteiger partial charge is 0.459 e. The molecule has 2 saturated heterocycles. The quantitative estimate of drug-likeness (QED) is 0.0513. The topological polar surface area (TPSA) is 299 Å². The second-order valence-electron chi connectivity index (χ2n) is 30.5. The summed E-state index contributed by atoms with van der Waals surface area (Å²) >= 11 is 0. The Kier molecular flexibility index (Phi) is 37.6. The van der Waals surface area contributed by atoms with E-state index in [0.29, 0.717) is 62.5 Å². The Morgan fingerprint density at radius 1 is 0.520 bits per heavy atom. The first-order valence-corrected chi connectivity index (χ1v) is 37.1. The summed E-state index contributed by atoms with van der Waals surface area (Å²) in [7, 11) is 5.00. The van der Waals surface area contributed by atoms with Crippen molar-refractivity contribution < 1.29 is 98.2 Å². The molecule has 5 rings (SSSR count). The summed E-state index contributed by atoms with van der Waals surface area (Å²) in [6, 6.07) is 0. The van der Waals surface area contributed by atoms with Crippen LogP contribution >= 0.6 is 0 Å². The first-order valence-electron chi connectivity index (χ1n) is 37.1. The number of esters is 2. The van der Waals surface area contributed by atoms with Gasteiger partial charge in [-0.3, -0.25) is 0 Å². The Morgan fingerprint density at radius 2 is 1.01 bits per heavy atom. The van der Waals surface area contributed by atoms with E-state index < -0.39 is 133 Å². The number of aliphatic hydroxyl groups is 9. The molecule has 0 aliphatic carbocycles. The van der Waals surface area contributed by atoms with Crippen LogP contribution in [0.15, 0.2) is 71.9 Å². The van der Waals surface area contributed by atoms with Crippen LogP contribution in [-0.2, 0) is 52.2 Å². The summed E-state index contributed by atoms with van der Waals surface area (Å²) in [6.07, 6.45) is 14.2. The molecule has 2 fully saturated rings. The number of carbonyl (C=O) groups is 2. The lowest BCUT2D eigenvalue weighted by molar-refractivity contribution is -0.155. The first kappa shape index (κ1) is 85.4. The van der Waals surface area contributed by atoms with Gasteiger partial charge in [-0.15, -0.1) is 0 Å². The molecular formula is C78H132O20. The molecule has 20 nitrogen and oxygen atoms in total. The van der Waals surface area contributed by atoms with Crippen molar-refractivity contribution in [2.45, 2.75) is 327 Å². The molecule has 20 heteroatoms. The molecule has 0 aromatic heterocycles. The monoisotopic (exact) mass is 1390 g/mol. The van der Waals surface area contributed by atoms with Crippen LogP contribution in [0.4, 0.5) is 0 Å². The first-order chi connectivity index (χ1) is 46.4. The highest BCUT2D eigenvalue weighted by Crippen LogP contribution is 2.37. The number of allylic oxidation sites excluding steroid dienone is 4. The highest BCUT2D eigenvalue weighted by atomic mass is 16.6. The fourth-order valence-corrected chi connectivity index (χ4v) is 15.4. The van der Waals surface area contributed by atoms with E-state index >= 15 is 0 Å². The van der Waals surface area contributed by atoms with Crippen molar-refractivity contribution in [3.8, 4) is 0 Å². The summed E-state index contributed by atoms with van der Waals surface area (Å²) in [5.41, 5.74) is 1.38. The molecule has 0 spiro atoms. The number of cyclic esters (lactones) is 2. The molecule has 9 N–H and O–H groups in total. The van der Waals surface area contributed by atoms with Crippen molar-refractivity contribution in [2.24, 2.45) is 53.3 Å². The minimum Gasteiger partial charge on any atom is -0.459 e. The number of methoxy groups -OCH3 is 3. The van der Waals surface area contributed by atoms with Crippen LogP contribution in [0.5, 0.6) is 0 Å². The van der Waals surface area contributed by atoms with Crippen molar-refractivity contribution in [2.75, 3.05) is 27.9 Å². The van der Waals surface area contributed by atoms with Gasteiger partial charge in [0.1, 0.15) is 12.2 Å². The van der Waals surface area contributed by atoms with Crippen molar-refractivity contribution in [3.05, 3.63) is 71.9 Å². The fraction of sp³-hybridized carbons (Fsp3) is 0.821. The number of hydrogen-bond acceptors (Lipinski definition) is 20. The zero-order valence-corrected chi connectivity index (χ0v) is 62.0. The van der Waals surface area contributed by atoms with Crippen LogP contribution in [0.2, 0.25) is 0 Å². The Morgan fingerprint density at radius 3 is 1.52 bits per heavy atom. The van der Waals surface area contributed by atoms with E-state index in [1.807, 2.05) is 91.8 Å². The predicted molar refractivity (Wildman–Crippen MR) is 377 cm³/mol. The van der Waals surface area contributed by atoms with Crippen LogP contribution in [0.3, 0.4) is 0 Å². The van der Waals surface area contributed by atoms with Crippen molar-refractivity contribution in [1.29, 1.82) is 0 Å². The Hall–Kier alpha value is -3.26. The average Bonchev–Trinajstić information content (AvgIpc) is 0.848. The van der Waals surface area contributed by atoms with E-state index in [9.17, 15) is 55.5 Å². The Balaban J connectivity index is 1.37. The molecule has 98 heavy (non-hydrogen) atoms. The highest BCUT2D eigenvalue weighted by Gasteiger charge is 2.42. The molecule has 564 valence electrons. The zero-order chi connectivity index (χ0) is 72.5. The molecule has 5 aliphatic rings. The number of aliphatic hydroxyl groups excluding tert-OH is 9. The van der Waals surface area contributed by atoms with E-state index in [-0.39, 0.29) is 106 Å². The van der Waals surface area contributed by atoms with Gasteiger partial charge in [0.25, 0.3) is 0 Å². The SMILES string of the molecule is CO[C@H]1CC(CC[C@H](C)[C@H](O)[C@H](C)[C@@H](O)[C@@H](C)C2C[C@H](O)[C@H](C)[C@@H](CO)CC3CC=C[C@@H](C[C@@H](O)CC=C(C)C=CC(=O)O[C@@H]([C@@H](C)CC[C@H]4C[C@H](OC)C[C@H](C)O4)[C@H](C)[C@@H](O)[C@@H](C)[C@H](O)C[C@H](O)[C@H](C)[C@@H](OC)CC4CC=CC(C[C@@H](O)CC=C(C)C=CC(=O)O2)O4)O3)O[C@@H](C)C1. The second kappa shape index (κ2) is 43.1. The van der Waals surface area contributed by atoms with Gasteiger partial charge in [0.05, 0.1) is 116 Å². The molecule has 0 radical (unpaired) electrons. The number of carbonyl (C=O) groups excluding carboxylic acids is 2. The fourth-order valence-electron chi connectivity index (χ4n) is 15.4. The maximum absolute atomic E-state index is 13.9. The van der Waals surface area contributed by atoms with E-state index in [1.165, 1.54) is 12.2 Å². The molecule has 5 aliphatic heterocycles. The molecule has 30 atom stereocenters. The lowest BCUT2D eigenvalue weighted by Gasteiger charge is -2.38. The second-order valence-corrected chi connectivity index (χ2v) is 30.5. The molecular weight excluding hydrogens is 1260 g/mol. The molecule has 0 aromatic rings. The van der Waals surface area contributed by atoms with Crippen LogP contribution in [0.25, 0.3) is 0 Å². The standard InChI is InChI=1S/C78H132O20/c1-45-22-28-59(81)38-62-20-17-21-63(96-62)41-71(92-15)52(8)68(82)42-69(83)53(9)76(88)56(12)78(48(4)27-31-65-40-67(91-14)35-50(6)94-65)98-74(86)33-25-46(2)23-29-58(80)37-61-19-16-18-60(95-61)36-57(44-79)51(7)70(84)43-72(97-73(85)32-24-45)54(10)77(89)55(11)75(87)47(3)26-30-64-39-66(90-13)34-49(5)93-64/h16-17,19-20,22-25,32-33,47-72,75-84,87-89H,18,21,26-31,34-44H2,1-15H3/t47-,48-,49-,50-,51+,52-,53-,54-,55-,56+,57+,58-,59-,60?,61-,62?,63?,64?,65-,66+,67+,68-,69+,70-,71-,72?,75-,76-,77-,78-/m0/s1. The van der Waals surface area contributed by atoms with E-state index in [0.717, 1.165) is 25.7 Å². The zero-order valence-electron chi connectivity index (χ0n) is 62.0. The maximum atomic E-state index is 13.9. The number of ether oxygens (including phenoxy) is 9. The number of rotatable bonds is 16. The number of hydrogen-bond donors (Lipinski definition) is 9. The normalized spacial score (nSPS) is 39.3. The highest BCUT2D eigenvalue weighted by molar-refractivity contribution is 5.83. The summed E-state index contributed by atoms with van der Waals surface area (Å²) in [5, 5.41) is 105. The van der Waals surface area contributed by atoms with Crippen LogP contribution < -0.4 is 0 Å². The average molecular weight is 1390 g/mol. The minimum absolute atomic E-state index is 0.0171. The minimum atomic E-state index is -1.16. The van der Waals surface area contributed by atoms with E-state index in [4.69, 9.17) is 42.6 Å². The summed E-state index contributed by atoms with van der Waals surface area (Å²) in [5.74, 6) is -6.00. The van der Waals surface area contributed by atoms with Crippen molar-refractivity contribution in [1.82, 2.24) is 0 Å².